The second kappa shape index (κ2) is 11.2. The highest BCUT2D eigenvalue weighted by atomic mass is 127. The molecule has 0 bridgehead atoms. The van der Waals surface area contributed by atoms with E-state index in [-0.39, 0.29) is 35.9 Å². The van der Waals surface area contributed by atoms with Crippen molar-refractivity contribution in [3.05, 3.63) is 30.3 Å². The van der Waals surface area contributed by atoms with Gasteiger partial charge in [-0.05, 0) is 25.5 Å². The van der Waals surface area contributed by atoms with Crippen molar-refractivity contribution < 1.29 is 9.53 Å². The minimum atomic E-state index is 0. The highest BCUT2D eigenvalue weighted by Gasteiger charge is 2.30. The number of hydrogen-bond acceptors (Lipinski definition) is 3. The number of rotatable bonds is 7. The summed E-state index contributed by atoms with van der Waals surface area (Å²) < 4.78 is 5.31. The second-order valence-electron chi connectivity index (χ2n) is 5.43. The maximum atomic E-state index is 12.2. The van der Waals surface area contributed by atoms with Crippen LogP contribution in [0.15, 0.2) is 35.3 Å². The number of halogens is 1. The number of aliphatic imine (C=N–C) groups is 1. The van der Waals surface area contributed by atoms with E-state index in [2.05, 4.69) is 15.6 Å². The van der Waals surface area contributed by atoms with Gasteiger partial charge in [0.2, 0.25) is 5.91 Å². The number of para-hydroxylation sites is 1. The van der Waals surface area contributed by atoms with E-state index in [9.17, 15) is 4.79 Å². The van der Waals surface area contributed by atoms with Crippen LogP contribution in [0.2, 0.25) is 0 Å². The molecule has 1 aromatic carbocycles. The van der Waals surface area contributed by atoms with Crippen LogP contribution in [0.25, 0.3) is 0 Å². The Hall–Kier alpha value is -1.35. The minimum absolute atomic E-state index is 0. The smallest absolute Gasteiger partial charge is 0.229 e. The summed E-state index contributed by atoms with van der Waals surface area (Å²) >= 11 is 0. The largest absolute Gasteiger partial charge is 0.382 e. The van der Waals surface area contributed by atoms with E-state index in [1.54, 1.807) is 7.05 Å². The molecule has 0 aliphatic carbocycles. The Labute approximate surface area is 161 Å². The maximum Gasteiger partial charge on any atom is 0.229 e. The van der Waals surface area contributed by atoms with Crippen molar-refractivity contribution in [1.29, 1.82) is 0 Å². The maximum absolute atomic E-state index is 12.2. The molecular weight excluding hydrogens is 419 g/mol. The molecule has 1 aliphatic heterocycles. The van der Waals surface area contributed by atoms with E-state index in [4.69, 9.17) is 4.74 Å². The van der Waals surface area contributed by atoms with E-state index in [1.165, 1.54) is 0 Å². The third-order valence-corrected chi connectivity index (χ3v) is 3.72. The summed E-state index contributed by atoms with van der Waals surface area (Å²) in [5.74, 6) is 0.870. The van der Waals surface area contributed by atoms with Gasteiger partial charge in [0.25, 0.3) is 0 Å². The molecule has 134 valence electrons. The lowest BCUT2D eigenvalue weighted by molar-refractivity contribution is -0.117. The van der Waals surface area contributed by atoms with Gasteiger partial charge in [0.1, 0.15) is 0 Å². The zero-order chi connectivity index (χ0) is 16.5. The third-order valence-electron chi connectivity index (χ3n) is 3.72. The van der Waals surface area contributed by atoms with Gasteiger partial charge < -0.3 is 20.3 Å². The number of hydrogen-bond donors (Lipinski definition) is 2. The topological polar surface area (TPSA) is 66.0 Å². The standard InChI is InChI=1S/C17H26N4O2.HI/c1-3-23-11-7-10-19-17(18-2)20-14-12-16(22)21(13-14)15-8-5-4-6-9-15;/h4-6,8-9,14H,3,7,10-13H2,1-2H3,(H2,18,19,20);1H. The quantitative estimate of drug-likeness (QED) is 0.291. The van der Waals surface area contributed by atoms with E-state index in [0.717, 1.165) is 37.8 Å². The van der Waals surface area contributed by atoms with Crippen LogP contribution in [0.4, 0.5) is 5.69 Å². The summed E-state index contributed by atoms with van der Waals surface area (Å²) in [6.07, 6.45) is 1.41. The van der Waals surface area contributed by atoms with Crippen LogP contribution < -0.4 is 15.5 Å². The number of ether oxygens (including phenoxy) is 1. The molecule has 0 aromatic heterocycles. The molecule has 1 aromatic rings. The summed E-state index contributed by atoms with van der Waals surface area (Å²) in [5.41, 5.74) is 0.946. The molecule has 2 N–H and O–H groups in total. The summed E-state index contributed by atoms with van der Waals surface area (Å²) in [4.78, 5) is 18.2. The summed E-state index contributed by atoms with van der Waals surface area (Å²) in [6, 6.07) is 9.83. The molecule has 1 amide bonds. The monoisotopic (exact) mass is 446 g/mol. The van der Waals surface area contributed by atoms with Crippen molar-refractivity contribution in [3.63, 3.8) is 0 Å². The minimum Gasteiger partial charge on any atom is -0.382 e. The average Bonchev–Trinajstić information content (AvgIpc) is 2.94. The number of anilines is 1. The molecule has 1 atom stereocenters. The molecule has 1 unspecified atom stereocenters. The van der Waals surface area contributed by atoms with Gasteiger partial charge in [-0.3, -0.25) is 9.79 Å². The van der Waals surface area contributed by atoms with Crippen molar-refractivity contribution in [1.82, 2.24) is 10.6 Å². The SMILES string of the molecule is CCOCCCNC(=NC)NC1CC(=O)N(c2ccccc2)C1.I. The van der Waals surface area contributed by atoms with Gasteiger partial charge in [-0.15, -0.1) is 24.0 Å². The average molecular weight is 446 g/mol. The molecule has 2 rings (SSSR count). The van der Waals surface area contributed by atoms with E-state index < -0.39 is 0 Å². The molecule has 1 fully saturated rings. The number of carbonyl (C=O) groups excluding carboxylic acids is 1. The summed E-state index contributed by atoms with van der Waals surface area (Å²) in [6.45, 7) is 4.92. The molecule has 1 aliphatic rings. The first kappa shape index (κ1) is 20.7. The lowest BCUT2D eigenvalue weighted by Crippen LogP contribution is -2.45. The Kier molecular flexibility index (Phi) is 9.70. The Morgan fingerprint density at radius 2 is 2.12 bits per heavy atom. The highest BCUT2D eigenvalue weighted by molar-refractivity contribution is 14.0. The third kappa shape index (κ3) is 6.27. The van der Waals surface area contributed by atoms with E-state index in [0.29, 0.717) is 13.0 Å². The molecule has 6 nitrogen and oxygen atoms in total. The lowest BCUT2D eigenvalue weighted by atomic mass is 10.2. The van der Waals surface area contributed by atoms with Crippen LogP contribution in [-0.4, -0.2) is 51.3 Å². The van der Waals surface area contributed by atoms with Crippen LogP contribution >= 0.6 is 24.0 Å². The number of nitrogens with one attached hydrogen (secondary N) is 2. The van der Waals surface area contributed by atoms with Gasteiger partial charge in [-0.2, -0.15) is 0 Å². The van der Waals surface area contributed by atoms with Crippen LogP contribution in [0, 0.1) is 0 Å². The van der Waals surface area contributed by atoms with Crippen molar-refractivity contribution in [2.45, 2.75) is 25.8 Å². The van der Waals surface area contributed by atoms with Crippen LogP contribution in [-0.2, 0) is 9.53 Å². The number of nitrogens with zero attached hydrogens (tertiary/aromatic N) is 2. The van der Waals surface area contributed by atoms with Gasteiger partial charge in [0, 0.05) is 45.5 Å². The first-order valence-electron chi connectivity index (χ1n) is 8.15. The van der Waals surface area contributed by atoms with Gasteiger partial charge in [0.05, 0.1) is 6.04 Å². The Bertz CT molecular complexity index is 525. The highest BCUT2D eigenvalue weighted by Crippen LogP contribution is 2.20. The van der Waals surface area contributed by atoms with Crippen molar-refractivity contribution >= 4 is 41.5 Å². The molecule has 0 radical (unpaired) electrons. The fourth-order valence-electron chi connectivity index (χ4n) is 2.58. The Balaban J connectivity index is 0.00000288. The predicted molar refractivity (Wildman–Crippen MR) is 108 cm³/mol. The van der Waals surface area contributed by atoms with E-state index in [1.807, 2.05) is 42.2 Å². The predicted octanol–water partition coefficient (Wildman–Crippen LogP) is 2.00. The van der Waals surface area contributed by atoms with Gasteiger partial charge in [-0.25, -0.2) is 0 Å². The van der Waals surface area contributed by atoms with Crippen molar-refractivity contribution in [2.75, 3.05) is 38.3 Å². The van der Waals surface area contributed by atoms with Crippen LogP contribution in [0.1, 0.15) is 19.8 Å². The lowest BCUT2D eigenvalue weighted by Gasteiger charge is -2.19. The number of benzene rings is 1. The summed E-state index contributed by atoms with van der Waals surface area (Å²) in [7, 11) is 1.74. The fourth-order valence-corrected chi connectivity index (χ4v) is 2.58. The Morgan fingerprint density at radius 3 is 2.79 bits per heavy atom. The fraction of sp³-hybridized carbons (Fsp3) is 0.529. The second-order valence-corrected chi connectivity index (χ2v) is 5.43. The van der Waals surface area contributed by atoms with Gasteiger partial charge in [-0.1, -0.05) is 18.2 Å². The first-order chi connectivity index (χ1) is 11.2. The Morgan fingerprint density at radius 1 is 1.38 bits per heavy atom. The van der Waals surface area contributed by atoms with Crippen molar-refractivity contribution in [3.8, 4) is 0 Å². The molecule has 1 heterocycles. The van der Waals surface area contributed by atoms with Crippen molar-refractivity contribution in [2.24, 2.45) is 4.99 Å². The number of carbonyl (C=O) groups is 1. The number of amides is 1. The van der Waals surface area contributed by atoms with E-state index >= 15 is 0 Å². The molecule has 7 heteroatoms. The molecule has 24 heavy (non-hydrogen) atoms. The molecular formula is C17H27IN4O2. The zero-order valence-corrected chi connectivity index (χ0v) is 16.7. The molecule has 1 saturated heterocycles. The van der Waals surface area contributed by atoms with Gasteiger partial charge >= 0.3 is 0 Å². The van der Waals surface area contributed by atoms with Crippen LogP contribution in [0.3, 0.4) is 0 Å². The zero-order valence-electron chi connectivity index (χ0n) is 14.3. The molecule has 0 saturated carbocycles. The summed E-state index contributed by atoms with van der Waals surface area (Å²) in [5, 5.41) is 6.58. The number of guanidine groups is 1. The normalized spacial score (nSPS) is 17.6. The van der Waals surface area contributed by atoms with Crippen LogP contribution in [0.5, 0.6) is 0 Å². The van der Waals surface area contributed by atoms with Gasteiger partial charge in [0.15, 0.2) is 5.96 Å². The molecule has 0 spiro atoms. The first-order valence-corrected chi connectivity index (χ1v) is 8.15.